The predicted molar refractivity (Wildman–Crippen MR) is 70.5 cm³/mol. The molecule has 6 heteroatoms. The molecule has 4 nitrogen and oxygen atoms in total. The third-order valence-corrected chi connectivity index (χ3v) is 4.23. The molecule has 0 heterocycles. The fourth-order valence-corrected chi connectivity index (χ4v) is 3.77. The van der Waals surface area contributed by atoms with Crippen LogP contribution < -0.4 is 10.0 Å². The van der Waals surface area contributed by atoms with Crippen LogP contribution in [0, 0.1) is 0 Å². The van der Waals surface area contributed by atoms with Crippen LogP contribution in [-0.2, 0) is 16.6 Å². The highest BCUT2D eigenvalue weighted by Gasteiger charge is 2.15. The largest absolute Gasteiger partial charge is 0.326 e. The molecule has 0 radical (unpaired) electrons. The first kappa shape index (κ1) is 12.7. The van der Waals surface area contributed by atoms with Crippen molar-refractivity contribution in [1.82, 2.24) is 0 Å². The molecule has 0 aliphatic carbocycles. The molecule has 0 unspecified atom stereocenters. The van der Waals surface area contributed by atoms with Crippen molar-refractivity contribution < 1.29 is 8.42 Å². The fraction of sp³-hybridized carbons (Fsp3) is 0.333. The zero-order chi connectivity index (χ0) is 11.5. The minimum absolute atomic E-state index is 0.393. The van der Waals surface area contributed by atoms with Crippen LogP contribution in [-0.4, -0.2) is 19.2 Å². The van der Waals surface area contributed by atoms with E-state index in [1.165, 1.54) is 10.6 Å². The number of hydrogen-bond acceptors (Lipinski definition) is 3. The summed E-state index contributed by atoms with van der Waals surface area (Å²) < 4.78 is 24.6. The summed E-state index contributed by atoms with van der Waals surface area (Å²) in [5.41, 5.74) is 7.08. The van der Waals surface area contributed by atoms with Gasteiger partial charge in [-0.3, -0.25) is 4.31 Å². The van der Waals surface area contributed by atoms with E-state index in [0.29, 0.717) is 16.8 Å². The molecule has 1 aromatic rings. The smallest absolute Gasteiger partial charge is 0.232 e. The summed E-state index contributed by atoms with van der Waals surface area (Å²) in [6.07, 6.45) is 1.20. The number of nitrogens with two attached hydrogens (primary N) is 1. The molecule has 0 amide bonds. The second-order valence-electron chi connectivity index (χ2n) is 3.11. The van der Waals surface area contributed by atoms with Crippen molar-refractivity contribution in [2.24, 2.45) is 5.73 Å². The van der Waals surface area contributed by atoms with Crippen LogP contribution in [0.2, 0.25) is 0 Å². The van der Waals surface area contributed by atoms with Gasteiger partial charge in [0.1, 0.15) is 0 Å². The fourth-order valence-electron chi connectivity index (χ4n) is 1.19. The predicted octanol–water partition coefficient (Wildman–Crippen LogP) is 1.30. The van der Waals surface area contributed by atoms with Crippen LogP contribution in [0.15, 0.2) is 24.3 Å². The number of halogens is 1. The molecule has 2 N–H and O–H groups in total. The highest BCUT2D eigenvalue weighted by atomic mass is 127. The van der Waals surface area contributed by atoms with Crippen LogP contribution >= 0.6 is 22.6 Å². The van der Waals surface area contributed by atoms with Gasteiger partial charge in [0, 0.05) is 6.54 Å². The number of benzene rings is 1. The second-order valence-corrected chi connectivity index (χ2v) is 5.69. The van der Waals surface area contributed by atoms with Crippen LogP contribution in [0.1, 0.15) is 5.56 Å². The maximum absolute atomic E-state index is 11.5. The van der Waals surface area contributed by atoms with Gasteiger partial charge in [-0.05, 0) is 17.7 Å². The Morgan fingerprint density at radius 2 is 2.13 bits per heavy atom. The summed E-state index contributed by atoms with van der Waals surface area (Å²) in [6.45, 7) is 0.409. The van der Waals surface area contributed by atoms with Gasteiger partial charge in [-0.25, -0.2) is 8.42 Å². The first-order chi connectivity index (χ1) is 6.99. The molecule has 15 heavy (non-hydrogen) atoms. The molecule has 0 bridgehead atoms. The highest BCUT2D eigenvalue weighted by molar-refractivity contribution is 14.1. The van der Waals surface area contributed by atoms with Crippen molar-refractivity contribution in [2.75, 3.05) is 15.1 Å². The SMILES string of the molecule is CS(=O)(=O)N(CI)c1cccc(CN)c1. The van der Waals surface area contributed by atoms with Gasteiger partial charge in [-0.2, -0.15) is 0 Å². The summed E-state index contributed by atoms with van der Waals surface area (Å²) in [6, 6.07) is 7.23. The molecule has 0 spiro atoms. The molecule has 0 saturated heterocycles. The molecule has 0 fully saturated rings. The van der Waals surface area contributed by atoms with Gasteiger partial charge in [0.15, 0.2) is 0 Å². The van der Waals surface area contributed by atoms with Gasteiger partial charge < -0.3 is 5.73 Å². The first-order valence-electron chi connectivity index (χ1n) is 4.31. The van der Waals surface area contributed by atoms with Crippen molar-refractivity contribution in [3.63, 3.8) is 0 Å². The van der Waals surface area contributed by atoms with Crippen molar-refractivity contribution in [3.8, 4) is 0 Å². The van der Waals surface area contributed by atoms with Gasteiger partial charge in [0.25, 0.3) is 0 Å². The average molecular weight is 340 g/mol. The molecule has 0 aromatic heterocycles. The molecular weight excluding hydrogens is 327 g/mol. The Labute approximate surface area is 104 Å². The zero-order valence-electron chi connectivity index (χ0n) is 8.35. The van der Waals surface area contributed by atoms with Crippen molar-refractivity contribution in [3.05, 3.63) is 29.8 Å². The normalized spacial score (nSPS) is 11.4. The molecule has 0 atom stereocenters. The second kappa shape index (κ2) is 5.13. The molecule has 1 aromatic carbocycles. The molecular formula is C9H13IN2O2S. The summed E-state index contributed by atoms with van der Waals surface area (Å²) in [5, 5.41) is 0. The monoisotopic (exact) mass is 340 g/mol. The number of anilines is 1. The topological polar surface area (TPSA) is 63.4 Å². The number of rotatable bonds is 4. The van der Waals surface area contributed by atoms with E-state index in [1.54, 1.807) is 12.1 Å². The summed E-state index contributed by atoms with van der Waals surface area (Å²) in [4.78, 5) is 0. The van der Waals surface area contributed by atoms with Gasteiger partial charge >= 0.3 is 0 Å². The van der Waals surface area contributed by atoms with Gasteiger partial charge in [-0.15, -0.1) is 0 Å². The van der Waals surface area contributed by atoms with Gasteiger partial charge in [-0.1, -0.05) is 34.7 Å². The maximum atomic E-state index is 11.5. The Hall–Kier alpha value is -0.340. The third kappa shape index (κ3) is 3.32. The van der Waals surface area contributed by atoms with Gasteiger partial charge in [0.2, 0.25) is 10.0 Å². The summed E-state index contributed by atoms with van der Waals surface area (Å²) in [5.74, 6) is 0. The molecule has 0 aliphatic rings. The Balaban J connectivity index is 3.13. The van der Waals surface area contributed by atoms with Crippen molar-refractivity contribution in [2.45, 2.75) is 6.54 Å². The molecule has 0 saturated carbocycles. The highest BCUT2D eigenvalue weighted by Crippen LogP contribution is 2.19. The average Bonchev–Trinajstić information content (AvgIpc) is 2.17. The van der Waals surface area contributed by atoms with Gasteiger partial charge in [0.05, 0.1) is 16.5 Å². The Morgan fingerprint density at radius 1 is 1.47 bits per heavy atom. The number of hydrogen-bond donors (Lipinski definition) is 1. The Kier molecular flexibility index (Phi) is 4.35. The summed E-state index contributed by atoms with van der Waals surface area (Å²) in [7, 11) is -3.21. The number of nitrogens with zero attached hydrogens (tertiary/aromatic N) is 1. The van der Waals surface area contributed by atoms with Crippen LogP contribution in [0.3, 0.4) is 0 Å². The lowest BCUT2D eigenvalue weighted by molar-refractivity contribution is 0.600. The van der Waals surface area contributed by atoms with E-state index in [1.807, 2.05) is 34.7 Å². The van der Waals surface area contributed by atoms with E-state index >= 15 is 0 Å². The lowest BCUT2D eigenvalue weighted by atomic mass is 10.2. The van der Waals surface area contributed by atoms with E-state index < -0.39 is 10.0 Å². The summed E-state index contributed by atoms with van der Waals surface area (Å²) >= 11 is 2.02. The van der Waals surface area contributed by atoms with E-state index in [4.69, 9.17) is 5.73 Å². The van der Waals surface area contributed by atoms with E-state index in [0.717, 1.165) is 5.56 Å². The van der Waals surface area contributed by atoms with Crippen molar-refractivity contribution >= 4 is 38.3 Å². The minimum Gasteiger partial charge on any atom is -0.326 e. The standard InChI is InChI=1S/C9H13IN2O2S/c1-15(13,14)12(7-10)9-4-2-3-8(5-9)6-11/h2-5H,6-7,11H2,1H3. The van der Waals surface area contributed by atoms with E-state index in [-0.39, 0.29) is 0 Å². The number of sulfonamides is 1. The maximum Gasteiger partial charge on any atom is 0.232 e. The molecule has 84 valence electrons. The van der Waals surface area contributed by atoms with Crippen molar-refractivity contribution in [1.29, 1.82) is 0 Å². The first-order valence-corrected chi connectivity index (χ1v) is 7.69. The molecule has 1 rings (SSSR count). The number of alkyl halides is 1. The van der Waals surface area contributed by atoms with E-state index in [2.05, 4.69) is 0 Å². The van der Waals surface area contributed by atoms with Crippen LogP contribution in [0.5, 0.6) is 0 Å². The minimum atomic E-state index is -3.21. The lowest BCUT2D eigenvalue weighted by Crippen LogP contribution is -2.28. The van der Waals surface area contributed by atoms with E-state index in [9.17, 15) is 8.42 Å². The quantitative estimate of drug-likeness (QED) is 0.511. The third-order valence-electron chi connectivity index (χ3n) is 1.94. The lowest BCUT2D eigenvalue weighted by Gasteiger charge is -2.19. The Bertz CT molecular complexity index is 433. The Morgan fingerprint density at radius 3 is 2.60 bits per heavy atom. The zero-order valence-corrected chi connectivity index (χ0v) is 11.3. The van der Waals surface area contributed by atoms with Crippen LogP contribution in [0.4, 0.5) is 5.69 Å². The molecule has 0 aliphatic heterocycles. The van der Waals surface area contributed by atoms with Crippen LogP contribution in [0.25, 0.3) is 0 Å².